The Hall–Kier alpha value is -2.37. The van der Waals surface area contributed by atoms with Gasteiger partial charge in [0.25, 0.3) is 0 Å². The van der Waals surface area contributed by atoms with Crippen molar-refractivity contribution in [2.24, 2.45) is 0 Å². The summed E-state index contributed by atoms with van der Waals surface area (Å²) >= 11 is 0. The minimum absolute atomic E-state index is 0.0792. The lowest BCUT2D eigenvalue weighted by Gasteiger charge is -2.18. The van der Waals surface area contributed by atoms with Gasteiger partial charge in [-0.1, -0.05) is 263 Å². The average Bonchev–Trinajstić information content (AvgIpc) is 3.30. The van der Waals surface area contributed by atoms with Crippen LogP contribution in [0.1, 0.15) is 303 Å². The van der Waals surface area contributed by atoms with Crippen LogP contribution in [0.2, 0.25) is 0 Å². The number of allylic oxidation sites excluding steroid dienone is 6. The summed E-state index contributed by atoms with van der Waals surface area (Å²) in [5.74, 6) is -0.901. The molecule has 0 fully saturated rings. The predicted molar refractivity (Wildman–Crippen MR) is 279 cm³/mol. The molecule has 0 radical (unpaired) electrons. The number of rotatable bonds is 52. The van der Waals surface area contributed by atoms with Crippen LogP contribution in [0.4, 0.5) is 0 Å². The van der Waals surface area contributed by atoms with Gasteiger partial charge >= 0.3 is 17.9 Å². The van der Waals surface area contributed by atoms with Crippen molar-refractivity contribution in [3.63, 3.8) is 0 Å². The highest BCUT2D eigenvalue weighted by molar-refractivity contribution is 5.71. The Balaban J connectivity index is 4.38. The average molecular weight is 914 g/mol. The van der Waals surface area contributed by atoms with E-state index in [4.69, 9.17) is 14.2 Å². The molecular formula is C59H108O6. The Morgan fingerprint density at radius 1 is 0.308 bits per heavy atom. The fraction of sp³-hybridized carbons (Fsp3) is 0.847. The fourth-order valence-corrected chi connectivity index (χ4v) is 8.33. The molecule has 0 unspecified atom stereocenters. The Kier molecular flexibility index (Phi) is 52.3. The Labute approximate surface area is 404 Å². The number of esters is 3. The Bertz CT molecular complexity index is 1090. The third-order valence-corrected chi connectivity index (χ3v) is 12.6. The largest absolute Gasteiger partial charge is 0.462 e. The highest BCUT2D eigenvalue weighted by Gasteiger charge is 2.19. The van der Waals surface area contributed by atoms with Gasteiger partial charge in [-0.25, -0.2) is 0 Å². The van der Waals surface area contributed by atoms with Crippen LogP contribution in [0.5, 0.6) is 0 Å². The van der Waals surface area contributed by atoms with Crippen molar-refractivity contribution in [3.8, 4) is 0 Å². The lowest BCUT2D eigenvalue weighted by Crippen LogP contribution is -2.30. The molecule has 0 amide bonds. The second-order valence-corrected chi connectivity index (χ2v) is 19.2. The standard InChI is InChI=1S/C59H108O6/c1-4-7-10-13-16-19-22-25-28-29-32-34-37-40-43-46-49-52-58(61)64-55-56(65-59(62)53-50-47-44-41-38-35-31-27-24-21-18-15-12-9-6-3)54-63-57(60)51-48-45-42-39-36-33-30-26-23-20-17-14-11-8-5-2/h17,20,26,30,36,39,56H,4-16,18-19,21-25,27-29,31-35,37-38,40-55H2,1-3H3/b20-17-,30-26-,39-36-/t56-/m1/s1. The summed E-state index contributed by atoms with van der Waals surface area (Å²) < 4.78 is 16.8. The molecule has 0 saturated carbocycles. The number of hydrogen-bond acceptors (Lipinski definition) is 6. The highest BCUT2D eigenvalue weighted by Crippen LogP contribution is 2.17. The Morgan fingerprint density at radius 3 is 0.892 bits per heavy atom. The molecule has 0 aromatic heterocycles. The van der Waals surface area contributed by atoms with E-state index in [1.165, 1.54) is 193 Å². The zero-order chi connectivity index (χ0) is 47.2. The van der Waals surface area contributed by atoms with Crippen LogP contribution in [0, 0.1) is 0 Å². The van der Waals surface area contributed by atoms with Gasteiger partial charge in [0.2, 0.25) is 0 Å². The number of hydrogen-bond donors (Lipinski definition) is 0. The Morgan fingerprint density at radius 2 is 0.554 bits per heavy atom. The minimum atomic E-state index is -0.783. The van der Waals surface area contributed by atoms with Crippen LogP contribution in [0.3, 0.4) is 0 Å². The van der Waals surface area contributed by atoms with Gasteiger partial charge in [-0.05, 0) is 57.8 Å². The van der Waals surface area contributed by atoms with Gasteiger partial charge in [-0.2, -0.15) is 0 Å². The first-order valence-electron chi connectivity index (χ1n) is 28.5. The number of unbranched alkanes of at least 4 members (excludes halogenated alkanes) is 35. The first-order valence-corrected chi connectivity index (χ1v) is 28.5. The predicted octanol–water partition coefficient (Wildman–Crippen LogP) is 18.9. The molecule has 0 heterocycles. The van der Waals surface area contributed by atoms with Gasteiger partial charge in [-0.3, -0.25) is 14.4 Å². The maximum Gasteiger partial charge on any atom is 0.306 e. The molecule has 6 heteroatoms. The van der Waals surface area contributed by atoms with E-state index in [0.29, 0.717) is 19.3 Å². The van der Waals surface area contributed by atoms with Crippen molar-refractivity contribution in [1.82, 2.24) is 0 Å². The van der Waals surface area contributed by atoms with Gasteiger partial charge in [0.05, 0.1) is 0 Å². The summed E-state index contributed by atoms with van der Waals surface area (Å²) in [6, 6.07) is 0. The first kappa shape index (κ1) is 62.6. The number of carbonyl (C=O) groups excluding carboxylic acids is 3. The lowest BCUT2D eigenvalue weighted by molar-refractivity contribution is -0.167. The maximum atomic E-state index is 12.8. The van der Waals surface area contributed by atoms with Gasteiger partial charge in [0.1, 0.15) is 13.2 Å². The third kappa shape index (κ3) is 52.5. The smallest absolute Gasteiger partial charge is 0.306 e. The van der Waals surface area contributed by atoms with Crippen LogP contribution in [-0.4, -0.2) is 37.2 Å². The maximum absolute atomic E-state index is 12.8. The van der Waals surface area contributed by atoms with Crippen LogP contribution in [0.25, 0.3) is 0 Å². The molecule has 0 rings (SSSR count). The summed E-state index contributed by atoms with van der Waals surface area (Å²) in [5.41, 5.74) is 0. The van der Waals surface area contributed by atoms with E-state index in [2.05, 4.69) is 57.2 Å². The zero-order valence-electron chi connectivity index (χ0n) is 43.5. The van der Waals surface area contributed by atoms with Crippen molar-refractivity contribution in [2.45, 2.75) is 309 Å². The fourth-order valence-electron chi connectivity index (χ4n) is 8.33. The van der Waals surface area contributed by atoms with Crippen molar-refractivity contribution in [2.75, 3.05) is 13.2 Å². The second-order valence-electron chi connectivity index (χ2n) is 19.2. The molecule has 0 bridgehead atoms. The molecule has 0 N–H and O–H groups in total. The SMILES string of the molecule is CCCCC/C=C\C/C=C\C/C=C\CCCCC(=O)OC[C@H](COC(=O)CCCCCCCCCCCCCCCCCCC)OC(=O)CCCCCCCCCCCCCCCCC. The van der Waals surface area contributed by atoms with E-state index in [9.17, 15) is 14.4 Å². The van der Waals surface area contributed by atoms with Crippen molar-refractivity contribution in [3.05, 3.63) is 36.5 Å². The molecule has 0 aromatic carbocycles. The molecule has 0 aliphatic rings. The summed E-state index contributed by atoms with van der Waals surface area (Å²) in [5, 5.41) is 0. The van der Waals surface area contributed by atoms with Gasteiger partial charge in [0, 0.05) is 19.3 Å². The van der Waals surface area contributed by atoms with Crippen LogP contribution < -0.4 is 0 Å². The molecule has 0 aliphatic heterocycles. The van der Waals surface area contributed by atoms with Crippen molar-refractivity contribution in [1.29, 1.82) is 0 Å². The number of ether oxygens (including phenoxy) is 3. The van der Waals surface area contributed by atoms with E-state index in [1.807, 2.05) is 0 Å². The summed E-state index contributed by atoms with van der Waals surface area (Å²) in [6.45, 7) is 6.62. The highest BCUT2D eigenvalue weighted by atomic mass is 16.6. The molecule has 0 aliphatic carbocycles. The van der Waals surface area contributed by atoms with E-state index < -0.39 is 6.10 Å². The summed E-state index contributed by atoms with van der Waals surface area (Å²) in [4.78, 5) is 38.1. The third-order valence-electron chi connectivity index (χ3n) is 12.6. The monoisotopic (exact) mass is 913 g/mol. The molecule has 0 aromatic rings. The van der Waals surface area contributed by atoms with Gasteiger partial charge < -0.3 is 14.2 Å². The van der Waals surface area contributed by atoms with E-state index in [1.54, 1.807) is 0 Å². The first-order chi connectivity index (χ1) is 32.0. The molecular weight excluding hydrogens is 805 g/mol. The van der Waals surface area contributed by atoms with E-state index >= 15 is 0 Å². The van der Waals surface area contributed by atoms with Crippen molar-refractivity contribution < 1.29 is 28.6 Å². The molecule has 0 saturated heterocycles. The zero-order valence-corrected chi connectivity index (χ0v) is 43.5. The molecule has 0 spiro atoms. The molecule has 1 atom stereocenters. The quantitative estimate of drug-likeness (QED) is 0.0262. The van der Waals surface area contributed by atoms with Crippen LogP contribution >= 0.6 is 0 Å². The number of carbonyl (C=O) groups is 3. The van der Waals surface area contributed by atoms with Crippen LogP contribution in [-0.2, 0) is 28.6 Å². The van der Waals surface area contributed by atoms with Crippen molar-refractivity contribution >= 4 is 17.9 Å². The second kappa shape index (κ2) is 54.2. The van der Waals surface area contributed by atoms with Gasteiger partial charge in [0.15, 0.2) is 6.10 Å². The summed E-state index contributed by atoms with van der Waals surface area (Å²) in [7, 11) is 0. The molecule has 6 nitrogen and oxygen atoms in total. The minimum Gasteiger partial charge on any atom is -0.462 e. The molecule has 65 heavy (non-hydrogen) atoms. The normalized spacial score (nSPS) is 12.2. The molecule has 380 valence electrons. The lowest BCUT2D eigenvalue weighted by atomic mass is 10.0. The van der Waals surface area contributed by atoms with E-state index in [-0.39, 0.29) is 31.1 Å². The summed E-state index contributed by atoms with van der Waals surface area (Å²) in [6.07, 6.45) is 64.2. The topological polar surface area (TPSA) is 78.9 Å². The van der Waals surface area contributed by atoms with Gasteiger partial charge in [-0.15, -0.1) is 0 Å². The van der Waals surface area contributed by atoms with Crippen LogP contribution in [0.15, 0.2) is 36.5 Å². The van der Waals surface area contributed by atoms with E-state index in [0.717, 1.165) is 70.6 Å².